The maximum atomic E-state index is 13.1. The zero-order valence-corrected chi connectivity index (χ0v) is 52.6. The van der Waals surface area contributed by atoms with E-state index in [9.17, 15) is 55.5 Å². The summed E-state index contributed by atoms with van der Waals surface area (Å²) in [5.41, 5.74) is -4.54. The van der Waals surface area contributed by atoms with Gasteiger partial charge in [-0.3, -0.25) is 9.59 Å². The summed E-state index contributed by atoms with van der Waals surface area (Å²) in [4.78, 5) is 25.9. The summed E-state index contributed by atoms with van der Waals surface area (Å²) in [7, 11) is 4.70. The molecule has 4 saturated carbocycles. The summed E-state index contributed by atoms with van der Waals surface area (Å²) in [6.45, 7) is 14.9. The van der Waals surface area contributed by atoms with E-state index in [1.54, 1.807) is 35.0 Å². The van der Waals surface area contributed by atoms with E-state index in [-0.39, 0.29) is 60.9 Å². The van der Waals surface area contributed by atoms with Crippen molar-refractivity contribution in [3.8, 4) is 0 Å². The molecule has 0 radical (unpaired) electrons. The standard InChI is InChI=1S/C61H102O26/c1-13-27(2)55(70)79-31(6)60(71)18-19-61(72)35-15-14-33-20-34(16-17-58(33,8)36(35)21-42(59(60,61)9)80-32(7)64)81-43-22-37(73-10)51(28(3)76-43)84-44-23-38(74-11)52(29(4)77-44)85-45-24-39(75-12)53(30(5)78-45)86-57-50(69)48(67)54(41(26-63)83-57)87-56-49(68)47(66)46(65)40(25-62)82-56/h27-31,33-54,56-57,62-63,65-69,71-72H,13-26H2,1-12H3/t27-,28-,29-,30-,31-,33+,34-,35-,36+,37-,38-,39-,40+,41+,42-,43+,44+,45+,46+,47-,48+,49+,50+,51-,52-,53-,54+,56-,57-,58-,59-,60-,61-/m1/s1. The normalized spacial score (nSPS) is 50.9. The fourth-order valence-electron chi connectivity index (χ4n) is 16.8. The van der Waals surface area contributed by atoms with Gasteiger partial charge in [-0.05, 0) is 109 Å². The van der Waals surface area contributed by atoms with Crippen LogP contribution in [0.2, 0.25) is 0 Å². The van der Waals surface area contributed by atoms with Gasteiger partial charge in [-0.1, -0.05) is 27.7 Å². The van der Waals surface area contributed by atoms with Gasteiger partial charge < -0.3 is 117 Å². The van der Waals surface area contributed by atoms with Crippen molar-refractivity contribution in [1.82, 2.24) is 0 Å². The molecule has 33 atom stereocenters. The van der Waals surface area contributed by atoms with Crippen molar-refractivity contribution in [2.24, 2.45) is 34.5 Å². The molecular weight excluding hydrogens is 1150 g/mol. The van der Waals surface area contributed by atoms with E-state index < -0.39 is 189 Å². The van der Waals surface area contributed by atoms with Gasteiger partial charge in [0, 0.05) is 47.5 Å². The number of aliphatic hydroxyl groups excluding tert-OH is 7. The molecule has 9 aliphatic rings. The highest BCUT2D eigenvalue weighted by molar-refractivity contribution is 5.72. The molecule has 26 nitrogen and oxygen atoms in total. The lowest BCUT2D eigenvalue weighted by atomic mass is 9.42. The van der Waals surface area contributed by atoms with E-state index in [1.165, 1.54) is 14.0 Å². The highest BCUT2D eigenvalue weighted by Crippen LogP contribution is 2.71. The van der Waals surface area contributed by atoms with Gasteiger partial charge in [0.05, 0.1) is 72.9 Å². The minimum Gasteiger partial charge on any atom is -0.462 e. The van der Waals surface area contributed by atoms with Crippen molar-refractivity contribution in [2.45, 2.75) is 304 Å². The Morgan fingerprint density at radius 2 is 1.08 bits per heavy atom. The third-order valence-electron chi connectivity index (χ3n) is 22.3. The highest BCUT2D eigenvalue weighted by atomic mass is 16.8. The van der Waals surface area contributed by atoms with E-state index >= 15 is 0 Å². The number of hydrogen-bond donors (Lipinski definition) is 9. The molecule has 0 aromatic rings. The van der Waals surface area contributed by atoms with Crippen molar-refractivity contribution >= 4 is 11.9 Å². The second-order valence-corrected chi connectivity index (χ2v) is 26.9. The average molecular weight is 1250 g/mol. The molecule has 9 rings (SSSR count). The molecular formula is C61H102O26. The van der Waals surface area contributed by atoms with Crippen LogP contribution in [0.4, 0.5) is 0 Å². The van der Waals surface area contributed by atoms with Crippen LogP contribution in [0.1, 0.15) is 139 Å². The predicted octanol–water partition coefficient (Wildman–Crippen LogP) is 1.01. The summed E-state index contributed by atoms with van der Waals surface area (Å²) >= 11 is 0. The maximum absolute atomic E-state index is 13.1. The van der Waals surface area contributed by atoms with Crippen LogP contribution < -0.4 is 0 Å². The quantitative estimate of drug-likeness (QED) is 0.0607. The van der Waals surface area contributed by atoms with Crippen LogP contribution in [-0.4, -0.2) is 257 Å². The topological polar surface area (TPSA) is 355 Å². The highest BCUT2D eigenvalue weighted by Gasteiger charge is 2.77. The lowest BCUT2D eigenvalue weighted by molar-refractivity contribution is -0.376. The van der Waals surface area contributed by atoms with Crippen LogP contribution in [0.25, 0.3) is 0 Å². The lowest BCUT2D eigenvalue weighted by Crippen LogP contribution is -2.72. The molecule has 0 bridgehead atoms. The average Bonchev–Trinajstić information content (AvgIpc) is 1.61. The van der Waals surface area contributed by atoms with Crippen LogP contribution in [-0.2, 0) is 80.6 Å². The number of carbonyl (C=O) groups excluding carboxylic acids is 2. The second-order valence-electron chi connectivity index (χ2n) is 26.9. The van der Waals surface area contributed by atoms with Crippen molar-refractivity contribution in [2.75, 3.05) is 34.5 Å². The number of rotatable bonds is 20. The van der Waals surface area contributed by atoms with Crippen molar-refractivity contribution in [3.63, 3.8) is 0 Å². The first-order valence-electron chi connectivity index (χ1n) is 31.7. The summed E-state index contributed by atoms with van der Waals surface area (Å²) in [5.74, 6) is -1.19. The van der Waals surface area contributed by atoms with Crippen molar-refractivity contribution in [3.05, 3.63) is 0 Å². The number of aliphatic hydroxyl groups is 9. The fourth-order valence-corrected chi connectivity index (χ4v) is 16.8. The van der Waals surface area contributed by atoms with E-state index in [1.807, 2.05) is 27.7 Å². The first-order valence-corrected chi connectivity index (χ1v) is 31.7. The maximum Gasteiger partial charge on any atom is 0.309 e. The number of methoxy groups -OCH3 is 3. The van der Waals surface area contributed by atoms with Crippen LogP contribution in [0.15, 0.2) is 0 Å². The Morgan fingerprint density at radius 1 is 0.575 bits per heavy atom. The van der Waals surface area contributed by atoms with Gasteiger partial charge in [-0.2, -0.15) is 0 Å². The summed E-state index contributed by atoms with van der Waals surface area (Å²) in [5, 5.41) is 99.2. The summed E-state index contributed by atoms with van der Waals surface area (Å²) in [6, 6.07) is 0. The Hall–Kier alpha value is -1.94. The largest absolute Gasteiger partial charge is 0.462 e. The molecule has 26 heteroatoms. The molecule has 0 unspecified atom stereocenters. The number of hydrogen-bond acceptors (Lipinski definition) is 26. The van der Waals surface area contributed by atoms with Crippen molar-refractivity contribution < 1.29 is 127 Å². The molecule has 5 heterocycles. The fraction of sp³-hybridized carbons (Fsp3) is 0.967. The van der Waals surface area contributed by atoms with Gasteiger partial charge in [-0.25, -0.2) is 0 Å². The molecule has 0 amide bonds. The van der Waals surface area contributed by atoms with Gasteiger partial charge in [0.2, 0.25) is 0 Å². The molecule has 9 N–H and O–H groups in total. The van der Waals surface area contributed by atoms with Crippen LogP contribution in [0, 0.1) is 34.5 Å². The lowest BCUT2D eigenvalue weighted by Gasteiger charge is -2.66. The Labute approximate surface area is 510 Å². The third-order valence-corrected chi connectivity index (χ3v) is 22.3. The van der Waals surface area contributed by atoms with Gasteiger partial charge in [0.25, 0.3) is 0 Å². The van der Waals surface area contributed by atoms with E-state index in [0.29, 0.717) is 19.3 Å². The second kappa shape index (κ2) is 27.9. The minimum atomic E-state index is -1.82. The SMILES string of the molecule is CC[C@@H](C)C(=O)O[C@H](C)[C@]1(O)CC[C@@]2(O)[C@@H]3CC[C@H]4C[C@H](O[C@H]5C[C@@H](OC)[C@H](O[C@H]6C[C@@H](OC)[C@H](O[C@H]7C[C@@H](OC)[C@H](O[C@H]8O[C@@H](CO)[C@H](O[C@H]9O[C@@H](CO)[C@H](O)[C@@H](O)[C@@H]9O)[C@@H](O)[C@@H]8O)[C@@H](C)O7)[C@@H](C)O6)[C@@H](C)O5)CC[C@@]4(C)[C@H]3C[C@@H](OC(C)=O)[C@@]21C. The molecule has 4 aliphatic carbocycles. The number of fused-ring (bicyclic) bond motifs is 5. The van der Waals surface area contributed by atoms with Gasteiger partial charge in [-0.15, -0.1) is 0 Å². The zero-order valence-electron chi connectivity index (χ0n) is 52.6. The first kappa shape index (κ1) is 69.4. The smallest absolute Gasteiger partial charge is 0.309 e. The van der Waals surface area contributed by atoms with Crippen LogP contribution >= 0.6 is 0 Å². The Balaban J connectivity index is 0.765. The van der Waals surface area contributed by atoms with Crippen LogP contribution in [0.5, 0.6) is 0 Å². The monoisotopic (exact) mass is 1250 g/mol. The number of carbonyl (C=O) groups is 2. The molecule has 5 saturated heterocycles. The van der Waals surface area contributed by atoms with E-state index in [2.05, 4.69) is 6.92 Å². The van der Waals surface area contributed by atoms with Crippen LogP contribution in [0.3, 0.4) is 0 Å². The first-order chi connectivity index (χ1) is 41.1. The van der Waals surface area contributed by atoms with Gasteiger partial charge in [0.15, 0.2) is 31.5 Å². The van der Waals surface area contributed by atoms with Gasteiger partial charge >= 0.3 is 11.9 Å². The van der Waals surface area contributed by atoms with E-state index in [0.717, 1.165) is 32.1 Å². The molecule has 0 aromatic carbocycles. The molecule has 0 spiro atoms. The molecule has 9 fully saturated rings. The summed E-state index contributed by atoms with van der Waals surface area (Å²) < 4.78 is 92.8. The minimum absolute atomic E-state index is 0.00862. The molecule has 0 aromatic heterocycles. The molecule has 502 valence electrons. The Bertz CT molecular complexity index is 2270. The summed E-state index contributed by atoms with van der Waals surface area (Å²) in [6.07, 6.45) is -19.4. The van der Waals surface area contributed by atoms with E-state index in [4.69, 9.17) is 71.1 Å². The Kier molecular flexibility index (Phi) is 22.3. The van der Waals surface area contributed by atoms with Gasteiger partial charge in [0.1, 0.15) is 85.0 Å². The van der Waals surface area contributed by atoms with Crippen molar-refractivity contribution in [1.29, 1.82) is 0 Å². The predicted molar refractivity (Wildman–Crippen MR) is 299 cm³/mol. The third kappa shape index (κ3) is 13.1. The number of esters is 2. The Morgan fingerprint density at radius 3 is 1.60 bits per heavy atom. The number of ether oxygens (including phenoxy) is 15. The zero-order chi connectivity index (χ0) is 63.4. The molecule has 87 heavy (non-hydrogen) atoms. The molecule has 5 aliphatic heterocycles.